The third-order valence-electron chi connectivity index (χ3n) is 3.94. The number of nitrogens with zero attached hydrogens (tertiary/aromatic N) is 1. The summed E-state index contributed by atoms with van der Waals surface area (Å²) in [4.78, 5) is 24.1. The summed E-state index contributed by atoms with van der Waals surface area (Å²) in [6.07, 6.45) is 0.152. The summed E-state index contributed by atoms with van der Waals surface area (Å²) in [6.45, 7) is 2.08. The maximum Gasteiger partial charge on any atom is 0.419 e. The van der Waals surface area contributed by atoms with Crippen LogP contribution in [-0.2, 0) is 11.3 Å². The quantitative estimate of drug-likeness (QED) is 0.724. The maximum atomic E-state index is 12.2. The van der Waals surface area contributed by atoms with E-state index in [4.69, 9.17) is 27.6 Å². The fourth-order valence-electron chi connectivity index (χ4n) is 2.68. The molecule has 1 aromatic heterocycles. The Morgan fingerprint density at radius 3 is 2.76 bits per heavy atom. The number of aryl methyl sites for hydroxylation is 1. The van der Waals surface area contributed by atoms with Crippen molar-refractivity contribution in [2.75, 3.05) is 0 Å². The molecule has 1 heterocycles. The van der Waals surface area contributed by atoms with Crippen molar-refractivity contribution in [3.05, 3.63) is 68.6 Å². The summed E-state index contributed by atoms with van der Waals surface area (Å²) in [5.41, 5.74) is 1.97. The number of hydrogen-bond acceptors (Lipinski definition) is 3. The van der Waals surface area contributed by atoms with Crippen molar-refractivity contribution >= 4 is 40.2 Å². The number of fused-ring (bicyclic) bond motifs is 1. The van der Waals surface area contributed by atoms with Gasteiger partial charge in [0, 0.05) is 23.0 Å². The smallest absolute Gasteiger partial charge is 0.408 e. The van der Waals surface area contributed by atoms with Gasteiger partial charge in [-0.1, -0.05) is 41.4 Å². The van der Waals surface area contributed by atoms with Gasteiger partial charge in [0.25, 0.3) is 0 Å². The molecule has 0 aliphatic carbocycles. The molecule has 3 aromatic rings. The predicted octanol–water partition coefficient (Wildman–Crippen LogP) is 4.17. The number of halogens is 2. The van der Waals surface area contributed by atoms with Gasteiger partial charge in [0.05, 0.1) is 11.6 Å². The molecule has 0 saturated heterocycles. The number of rotatable bonds is 5. The summed E-state index contributed by atoms with van der Waals surface area (Å²) in [7, 11) is 0. The zero-order chi connectivity index (χ0) is 18.0. The van der Waals surface area contributed by atoms with Crippen molar-refractivity contribution in [3.63, 3.8) is 0 Å². The van der Waals surface area contributed by atoms with Crippen LogP contribution in [0.5, 0.6) is 0 Å². The molecule has 0 unspecified atom stereocenters. The Labute approximate surface area is 154 Å². The minimum Gasteiger partial charge on any atom is -0.408 e. The van der Waals surface area contributed by atoms with Crippen molar-refractivity contribution < 1.29 is 9.21 Å². The number of hydrogen-bond donors (Lipinski definition) is 1. The van der Waals surface area contributed by atoms with E-state index in [-0.39, 0.29) is 24.9 Å². The summed E-state index contributed by atoms with van der Waals surface area (Å²) >= 11 is 12.0. The Kier molecular flexibility index (Phi) is 5.16. The molecule has 0 bridgehead atoms. The van der Waals surface area contributed by atoms with Gasteiger partial charge in [-0.25, -0.2) is 4.79 Å². The van der Waals surface area contributed by atoms with Crippen molar-refractivity contribution in [3.8, 4) is 0 Å². The highest BCUT2D eigenvalue weighted by Gasteiger charge is 2.14. The number of amides is 1. The molecule has 1 N–H and O–H groups in total. The van der Waals surface area contributed by atoms with E-state index in [0.29, 0.717) is 21.1 Å². The molecule has 0 aliphatic heterocycles. The molecular weight excluding hydrogens is 363 g/mol. The second kappa shape index (κ2) is 7.33. The first kappa shape index (κ1) is 17.6. The maximum absolute atomic E-state index is 12.2. The molecule has 0 aliphatic rings. The standard InChI is InChI=1S/C18H16Cl2N2O3/c1-11(13-7-6-12(19)10-14(13)20)21-17(23)8-9-22-15-4-2-3-5-16(15)25-18(22)24/h2-7,10-11H,8-9H2,1H3,(H,21,23)/t11-/m1/s1. The number of benzene rings is 2. The second-order valence-electron chi connectivity index (χ2n) is 5.69. The van der Waals surface area contributed by atoms with E-state index < -0.39 is 5.76 Å². The lowest BCUT2D eigenvalue weighted by Crippen LogP contribution is -2.28. The van der Waals surface area contributed by atoms with E-state index in [1.807, 2.05) is 13.0 Å². The van der Waals surface area contributed by atoms with Gasteiger partial charge in [-0.05, 0) is 36.8 Å². The molecule has 0 radical (unpaired) electrons. The van der Waals surface area contributed by atoms with E-state index in [1.165, 1.54) is 4.57 Å². The van der Waals surface area contributed by atoms with Gasteiger partial charge >= 0.3 is 5.76 Å². The van der Waals surface area contributed by atoms with Gasteiger partial charge in [-0.15, -0.1) is 0 Å². The number of oxazole rings is 1. The van der Waals surface area contributed by atoms with Gasteiger partial charge in [0.1, 0.15) is 0 Å². The summed E-state index contributed by atoms with van der Waals surface area (Å²) in [5.74, 6) is -0.654. The van der Waals surface area contributed by atoms with Crippen LogP contribution in [0, 0.1) is 0 Å². The van der Waals surface area contributed by atoms with Crippen LogP contribution in [0.1, 0.15) is 24.9 Å². The van der Waals surface area contributed by atoms with E-state index in [9.17, 15) is 9.59 Å². The summed E-state index contributed by atoms with van der Waals surface area (Å²) < 4.78 is 6.61. The first-order valence-electron chi connectivity index (χ1n) is 7.78. The molecule has 3 rings (SSSR count). The van der Waals surface area contributed by atoms with Crippen molar-refractivity contribution in [2.45, 2.75) is 25.9 Å². The Hall–Kier alpha value is -2.24. The van der Waals surface area contributed by atoms with E-state index in [0.717, 1.165) is 5.56 Å². The fourth-order valence-corrected chi connectivity index (χ4v) is 3.26. The van der Waals surface area contributed by atoms with Gasteiger partial charge in [-0.2, -0.15) is 0 Å². The highest BCUT2D eigenvalue weighted by molar-refractivity contribution is 6.35. The largest absolute Gasteiger partial charge is 0.419 e. The van der Waals surface area contributed by atoms with Gasteiger partial charge in [0.15, 0.2) is 5.58 Å². The van der Waals surface area contributed by atoms with Crippen LogP contribution < -0.4 is 11.1 Å². The highest BCUT2D eigenvalue weighted by atomic mass is 35.5. The molecule has 1 amide bonds. The van der Waals surface area contributed by atoms with E-state index in [2.05, 4.69) is 5.32 Å². The lowest BCUT2D eigenvalue weighted by molar-refractivity contribution is -0.121. The van der Waals surface area contributed by atoms with Crippen LogP contribution in [0.2, 0.25) is 10.0 Å². The normalized spacial score (nSPS) is 12.3. The second-order valence-corrected chi connectivity index (χ2v) is 6.54. The topological polar surface area (TPSA) is 64.2 Å². The number of nitrogens with one attached hydrogen (secondary N) is 1. The Morgan fingerprint density at radius 2 is 2.00 bits per heavy atom. The van der Waals surface area contributed by atoms with Gasteiger partial charge in [-0.3, -0.25) is 9.36 Å². The minimum absolute atomic E-state index is 0.152. The predicted molar refractivity (Wildman–Crippen MR) is 98.1 cm³/mol. The van der Waals surface area contributed by atoms with E-state index >= 15 is 0 Å². The highest BCUT2D eigenvalue weighted by Crippen LogP contribution is 2.26. The van der Waals surface area contributed by atoms with E-state index in [1.54, 1.807) is 36.4 Å². The Morgan fingerprint density at radius 1 is 1.24 bits per heavy atom. The van der Waals surface area contributed by atoms with Crippen LogP contribution in [0.3, 0.4) is 0 Å². The fraction of sp³-hybridized carbons (Fsp3) is 0.222. The average Bonchev–Trinajstić information content (AvgIpc) is 2.88. The molecular formula is C18H16Cl2N2O3. The summed E-state index contributed by atoms with van der Waals surface area (Å²) in [6, 6.07) is 12.0. The van der Waals surface area contributed by atoms with Gasteiger partial charge < -0.3 is 9.73 Å². The molecule has 5 nitrogen and oxygen atoms in total. The first-order valence-corrected chi connectivity index (χ1v) is 8.54. The minimum atomic E-state index is -0.470. The van der Waals surface area contributed by atoms with Crippen LogP contribution in [0.15, 0.2) is 51.7 Å². The number of carbonyl (C=O) groups excluding carboxylic acids is 1. The Balaban J connectivity index is 1.66. The molecule has 1 atom stereocenters. The van der Waals surface area contributed by atoms with Crippen LogP contribution in [0.25, 0.3) is 11.1 Å². The van der Waals surface area contributed by atoms with Crippen LogP contribution in [0.4, 0.5) is 0 Å². The van der Waals surface area contributed by atoms with Crippen molar-refractivity contribution in [1.82, 2.24) is 9.88 Å². The Bertz CT molecular complexity index is 978. The van der Waals surface area contributed by atoms with Crippen molar-refractivity contribution in [1.29, 1.82) is 0 Å². The molecule has 7 heteroatoms. The average molecular weight is 379 g/mol. The SMILES string of the molecule is C[C@@H](NC(=O)CCn1c(=O)oc2ccccc21)c1ccc(Cl)cc1Cl. The van der Waals surface area contributed by atoms with Crippen molar-refractivity contribution in [2.24, 2.45) is 0 Å². The van der Waals surface area contributed by atoms with Gasteiger partial charge in [0.2, 0.25) is 5.91 Å². The lowest BCUT2D eigenvalue weighted by Gasteiger charge is -2.16. The third kappa shape index (κ3) is 3.89. The molecule has 0 spiro atoms. The summed E-state index contributed by atoms with van der Waals surface area (Å²) in [5, 5.41) is 3.91. The number of carbonyl (C=O) groups is 1. The van der Waals surface area contributed by atoms with Crippen LogP contribution in [-0.4, -0.2) is 10.5 Å². The first-order chi connectivity index (χ1) is 12.0. The zero-order valence-corrected chi connectivity index (χ0v) is 15.0. The molecule has 2 aromatic carbocycles. The lowest BCUT2D eigenvalue weighted by atomic mass is 10.1. The molecule has 0 saturated carbocycles. The number of aromatic nitrogens is 1. The van der Waals surface area contributed by atoms with Crippen LogP contribution >= 0.6 is 23.2 Å². The number of para-hydroxylation sites is 2. The zero-order valence-electron chi connectivity index (χ0n) is 13.5. The molecule has 0 fully saturated rings. The molecule has 25 heavy (non-hydrogen) atoms. The third-order valence-corrected chi connectivity index (χ3v) is 4.51. The monoisotopic (exact) mass is 378 g/mol. The molecule has 130 valence electrons.